The quantitative estimate of drug-likeness (QED) is 0.900. The number of halogens is 2. The summed E-state index contributed by atoms with van der Waals surface area (Å²) in [5, 5.41) is 3.35. The SMILES string of the molecule is CC(C)(C)NCc1cnc(Oc2ccc(F)cc2Br)nc1. The van der Waals surface area contributed by atoms with Gasteiger partial charge < -0.3 is 10.1 Å². The van der Waals surface area contributed by atoms with Crippen molar-refractivity contribution in [1.29, 1.82) is 0 Å². The Morgan fingerprint density at radius 1 is 1.24 bits per heavy atom. The van der Waals surface area contributed by atoms with Crippen LogP contribution in [0.3, 0.4) is 0 Å². The lowest BCUT2D eigenvalue weighted by molar-refractivity contribution is 0.419. The lowest BCUT2D eigenvalue weighted by Crippen LogP contribution is -2.35. The number of benzene rings is 1. The van der Waals surface area contributed by atoms with E-state index in [2.05, 4.69) is 52.0 Å². The van der Waals surface area contributed by atoms with Gasteiger partial charge in [-0.05, 0) is 54.9 Å². The molecule has 112 valence electrons. The van der Waals surface area contributed by atoms with E-state index < -0.39 is 0 Å². The summed E-state index contributed by atoms with van der Waals surface area (Å²) in [7, 11) is 0. The van der Waals surface area contributed by atoms with Crippen LogP contribution in [0, 0.1) is 5.82 Å². The molecule has 0 amide bonds. The van der Waals surface area contributed by atoms with E-state index in [-0.39, 0.29) is 17.4 Å². The Labute approximate surface area is 131 Å². The van der Waals surface area contributed by atoms with E-state index >= 15 is 0 Å². The van der Waals surface area contributed by atoms with Gasteiger partial charge in [0.2, 0.25) is 0 Å². The molecule has 0 fully saturated rings. The van der Waals surface area contributed by atoms with Crippen molar-refractivity contribution in [3.8, 4) is 11.8 Å². The Hall–Kier alpha value is -1.53. The van der Waals surface area contributed by atoms with Crippen molar-refractivity contribution in [3.05, 3.63) is 46.4 Å². The van der Waals surface area contributed by atoms with Gasteiger partial charge in [-0.1, -0.05) is 0 Å². The second kappa shape index (κ2) is 6.49. The van der Waals surface area contributed by atoms with Gasteiger partial charge in [0, 0.05) is 30.0 Å². The summed E-state index contributed by atoms with van der Waals surface area (Å²) in [4.78, 5) is 8.30. The van der Waals surface area contributed by atoms with Crippen molar-refractivity contribution in [2.45, 2.75) is 32.9 Å². The lowest BCUT2D eigenvalue weighted by atomic mass is 10.1. The largest absolute Gasteiger partial charge is 0.423 e. The minimum absolute atomic E-state index is 0.0359. The minimum Gasteiger partial charge on any atom is -0.423 e. The molecule has 1 aromatic carbocycles. The highest BCUT2D eigenvalue weighted by Crippen LogP contribution is 2.28. The third-order valence-electron chi connectivity index (χ3n) is 2.60. The van der Waals surface area contributed by atoms with Gasteiger partial charge in [0.05, 0.1) is 4.47 Å². The summed E-state index contributed by atoms with van der Waals surface area (Å²) >= 11 is 3.24. The van der Waals surface area contributed by atoms with Gasteiger partial charge in [-0.3, -0.25) is 0 Å². The highest BCUT2D eigenvalue weighted by Gasteiger charge is 2.09. The molecule has 0 radical (unpaired) electrons. The normalized spacial score (nSPS) is 11.5. The molecular formula is C15H17BrFN3O. The fraction of sp³-hybridized carbons (Fsp3) is 0.333. The molecule has 4 nitrogen and oxygen atoms in total. The van der Waals surface area contributed by atoms with Crippen LogP contribution in [0.4, 0.5) is 4.39 Å². The molecule has 0 spiro atoms. The van der Waals surface area contributed by atoms with Crippen molar-refractivity contribution in [2.24, 2.45) is 0 Å². The third-order valence-corrected chi connectivity index (χ3v) is 3.22. The molecular weight excluding hydrogens is 337 g/mol. The second-order valence-corrected chi connectivity index (χ2v) is 6.51. The third kappa shape index (κ3) is 5.06. The maximum atomic E-state index is 13.0. The molecule has 6 heteroatoms. The number of hydrogen-bond donors (Lipinski definition) is 1. The molecule has 1 aromatic heterocycles. The molecule has 0 saturated heterocycles. The molecule has 2 aromatic rings. The van der Waals surface area contributed by atoms with E-state index in [1.54, 1.807) is 12.4 Å². The standard InChI is InChI=1S/C15H17BrFN3O/c1-15(2,3)20-9-10-7-18-14(19-8-10)21-13-5-4-11(17)6-12(13)16/h4-8,20H,9H2,1-3H3. The van der Waals surface area contributed by atoms with Gasteiger partial charge in [-0.15, -0.1) is 0 Å². The zero-order valence-corrected chi connectivity index (χ0v) is 13.7. The Balaban J connectivity index is 2.02. The van der Waals surface area contributed by atoms with Gasteiger partial charge in [0.25, 0.3) is 0 Å². The monoisotopic (exact) mass is 353 g/mol. The highest BCUT2D eigenvalue weighted by atomic mass is 79.9. The van der Waals surface area contributed by atoms with Gasteiger partial charge in [0.15, 0.2) is 0 Å². The van der Waals surface area contributed by atoms with Crippen molar-refractivity contribution < 1.29 is 9.13 Å². The van der Waals surface area contributed by atoms with Crippen LogP contribution >= 0.6 is 15.9 Å². The Morgan fingerprint density at radius 2 is 1.90 bits per heavy atom. The van der Waals surface area contributed by atoms with Crippen LogP contribution in [0.5, 0.6) is 11.8 Å². The Bertz CT molecular complexity index is 611. The van der Waals surface area contributed by atoms with Crippen LogP contribution in [0.2, 0.25) is 0 Å². The molecule has 0 bridgehead atoms. The topological polar surface area (TPSA) is 47.0 Å². The van der Waals surface area contributed by atoms with Gasteiger partial charge in [-0.25, -0.2) is 14.4 Å². The van der Waals surface area contributed by atoms with Crippen LogP contribution in [-0.4, -0.2) is 15.5 Å². The van der Waals surface area contributed by atoms with E-state index in [1.165, 1.54) is 18.2 Å². The van der Waals surface area contributed by atoms with Gasteiger partial charge in [0.1, 0.15) is 11.6 Å². The molecule has 2 rings (SSSR count). The Kier molecular flexibility index (Phi) is 4.90. The zero-order chi connectivity index (χ0) is 15.5. The van der Waals surface area contributed by atoms with E-state index in [1.807, 2.05) is 0 Å². The van der Waals surface area contributed by atoms with Crippen molar-refractivity contribution in [2.75, 3.05) is 0 Å². The molecule has 1 heterocycles. The van der Waals surface area contributed by atoms with E-state index in [0.717, 1.165) is 5.56 Å². The predicted molar refractivity (Wildman–Crippen MR) is 82.8 cm³/mol. The summed E-state index contributed by atoms with van der Waals surface area (Å²) in [5.74, 6) is 0.135. The number of ether oxygens (including phenoxy) is 1. The number of rotatable bonds is 4. The van der Waals surface area contributed by atoms with Crippen molar-refractivity contribution in [1.82, 2.24) is 15.3 Å². The molecule has 0 aliphatic carbocycles. The number of hydrogen-bond acceptors (Lipinski definition) is 4. The summed E-state index contributed by atoms with van der Waals surface area (Å²) < 4.78 is 19.0. The number of aromatic nitrogens is 2. The first-order chi connectivity index (χ1) is 9.83. The van der Waals surface area contributed by atoms with Crippen molar-refractivity contribution in [3.63, 3.8) is 0 Å². The lowest BCUT2D eigenvalue weighted by Gasteiger charge is -2.20. The molecule has 21 heavy (non-hydrogen) atoms. The van der Waals surface area contributed by atoms with Gasteiger partial charge in [-0.2, -0.15) is 0 Å². The molecule has 0 aliphatic rings. The summed E-state index contributed by atoms with van der Waals surface area (Å²) in [6, 6.07) is 4.40. The van der Waals surface area contributed by atoms with E-state index in [4.69, 9.17) is 4.74 Å². The minimum atomic E-state index is -0.334. The molecule has 0 unspecified atom stereocenters. The highest BCUT2D eigenvalue weighted by molar-refractivity contribution is 9.10. The summed E-state index contributed by atoms with van der Waals surface area (Å²) in [6.07, 6.45) is 3.41. The average Bonchev–Trinajstić information content (AvgIpc) is 2.40. The first-order valence-electron chi connectivity index (χ1n) is 6.52. The molecule has 0 atom stereocenters. The fourth-order valence-electron chi connectivity index (χ4n) is 1.51. The molecule has 0 saturated carbocycles. The Morgan fingerprint density at radius 3 is 2.48 bits per heavy atom. The van der Waals surface area contributed by atoms with Crippen LogP contribution in [0.25, 0.3) is 0 Å². The predicted octanol–water partition coefficient (Wildman–Crippen LogP) is 4.06. The first kappa shape index (κ1) is 15.9. The van der Waals surface area contributed by atoms with E-state index in [9.17, 15) is 4.39 Å². The smallest absolute Gasteiger partial charge is 0.321 e. The first-order valence-corrected chi connectivity index (χ1v) is 7.32. The van der Waals surface area contributed by atoms with E-state index in [0.29, 0.717) is 16.8 Å². The molecule has 0 aliphatic heterocycles. The number of nitrogens with zero attached hydrogens (tertiary/aromatic N) is 2. The van der Waals surface area contributed by atoms with Crippen LogP contribution in [0.1, 0.15) is 26.3 Å². The maximum Gasteiger partial charge on any atom is 0.321 e. The molecule has 1 N–H and O–H groups in total. The van der Waals surface area contributed by atoms with Crippen LogP contribution in [-0.2, 0) is 6.54 Å². The van der Waals surface area contributed by atoms with Gasteiger partial charge >= 0.3 is 6.01 Å². The van der Waals surface area contributed by atoms with Crippen LogP contribution in [0.15, 0.2) is 35.1 Å². The average molecular weight is 354 g/mol. The number of nitrogens with one attached hydrogen (secondary N) is 1. The van der Waals surface area contributed by atoms with Crippen molar-refractivity contribution >= 4 is 15.9 Å². The second-order valence-electron chi connectivity index (χ2n) is 5.65. The summed E-state index contributed by atoms with van der Waals surface area (Å²) in [5.41, 5.74) is 1.00. The summed E-state index contributed by atoms with van der Waals surface area (Å²) in [6.45, 7) is 6.97. The maximum absolute atomic E-state index is 13.0. The zero-order valence-electron chi connectivity index (χ0n) is 12.2. The van der Waals surface area contributed by atoms with Crippen LogP contribution < -0.4 is 10.1 Å². The fourth-order valence-corrected chi connectivity index (χ4v) is 1.94.